The number of aliphatic hydroxyl groups excluding tert-OH is 1. The molecule has 2 heteroatoms. The average Bonchev–Trinajstić information content (AvgIpc) is 2.50. The van der Waals surface area contributed by atoms with Crippen LogP contribution in [-0.4, -0.2) is 22.2 Å². The van der Waals surface area contributed by atoms with Crippen molar-refractivity contribution >= 4 is 11.8 Å². The highest BCUT2D eigenvalue weighted by Gasteiger charge is 2.11. The van der Waals surface area contributed by atoms with E-state index in [1.807, 2.05) is 18.7 Å². The average molecular weight is 307 g/mol. The predicted octanol–water partition coefficient (Wildman–Crippen LogP) is 5.24. The molecule has 1 aromatic rings. The highest BCUT2D eigenvalue weighted by atomic mass is 32.2. The molecule has 0 aliphatic heterocycles. The van der Waals surface area contributed by atoms with E-state index in [0.717, 1.165) is 18.6 Å². The van der Waals surface area contributed by atoms with Gasteiger partial charge in [-0.1, -0.05) is 62.2 Å². The van der Waals surface area contributed by atoms with Gasteiger partial charge in [-0.25, -0.2) is 0 Å². The number of aryl methyl sites for hydroxylation is 1. The van der Waals surface area contributed by atoms with Crippen LogP contribution in [0, 0.1) is 0 Å². The minimum atomic E-state index is -0.269. The zero-order valence-corrected chi connectivity index (χ0v) is 14.3. The van der Waals surface area contributed by atoms with Crippen molar-refractivity contribution in [1.82, 2.24) is 0 Å². The molecule has 0 aromatic heterocycles. The van der Waals surface area contributed by atoms with Crippen molar-refractivity contribution in [2.45, 2.75) is 63.7 Å². The zero-order chi connectivity index (χ0) is 15.3. The second-order valence-corrected chi connectivity index (χ2v) is 6.88. The lowest BCUT2D eigenvalue weighted by Crippen LogP contribution is -2.17. The Morgan fingerprint density at radius 1 is 1.14 bits per heavy atom. The second-order valence-electron chi connectivity index (χ2n) is 5.59. The summed E-state index contributed by atoms with van der Waals surface area (Å²) in [7, 11) is 0. The van der Waals surface area contributed by atoms with E-state index in [9.17, 15) is 5.11 Å². The molecule has 0 aliphatic carbocycles. The topological polar surface area (TPSA) is 20.2 Å². The van der Waals surface area contributed by atoms with Crippen molar-refractivity contribution in [2.75, 3.05) is 5.75 Å². The van der Waals surface area contributed by atoms with Gasteiger partial charge in [0.15, 0.2) is 0 Å². The highest BCUT2D eigenvalue weighted by molar-refractivity contribution is 8.00. The van der Waals surface area contributed by atoms with Crippen molar-refractivity contribution in [1.29, 1.82) is 0 Å². The fourth-order valence-electron chi connectivity index (χ4n) is 2.24. The van der Waals surface area contributed by atoms with Crippen molar-refractivity contribution in [3.8, 4) is 0 Å². The van der Waals surface area contributed by atoms with Gasteiger partial charge in [0.25, 0.3) is 0 Å². The van der Waals surface area contributed by atoms with Crippen LogP contribution in [0.5, 0.6) is 0 Å². The van der Waals surface area contributed by atoms with E-state index in [1.54, 1.807) is 0 Å². The van der Waals surface area contributed by atoms with Crippen molar-refractivity contribution in [3.05, 3.63) is 48.0 Å². The van der Waals surface area contributed by atoms with Gasteiger partial charge in [-0.05, 0) is 43.9 Å². The number of allylic oxidation sites excluding steroid dienone is 1. The van der Waals surface area contributed by atoms with Crippen molar-refractivity contribution < 1.29 is 5.11 Å². The molecule has 1 nitrogen and oxygen atoms in total. The van der Waals surface area contributed by atoms with E-state index in [4.69, 9.17) is 0 Å². The van der Waals surface area contributed by atoms with Crippen LogP contribution in [0.3, 0.4) is 0 Å². The molecule has 21 heavy (non-hydrogen) atoms. The summed E-state index contributed by atoms with van der Waals surface area (Å²) in [4.78, 5) is 0. The Balaban J connectivity index is 2.21. The third kappa shape index (κ3) is 9.00. The summed E-state index contributed by atoms with van der Waals surface area (Å²) in [6, 6.07) is 10.6. The Bertz CT molecular complexity index is 372. The van der Waals surface area contributed by atoms with E-state index < -0.39 is 0 Å². The Morgan fingerprint density at radius 2 is 1.90 bits per heavy atom. The third-order valence-corrected chi connectivity index (χ3v) is 5.00. The molecule has 0 aliphatic rings. The van der Waals surface area contributed by atoms with Gasteiger partial charge in [-0.3, -0.25) is 0 Å². The molecule has 118 valence electrons. The summed E-state index contributed by atoms with van der Waals surface area (Å²) < 4.78 is 0. The van der Waals surface area contributed by atoms with E-state index in [1.165, 1.54) is 31.2 Å². The smallest absolute Gasteiger partial charge is 0.0665 e. The van der Waals surface area contributed by atoms with Crippen LogP contribution >= 0.6 is 11.8 Å². The Morgan fingerprint density at radius 3 is 2.57 bits per heavy atom. The van der Waals surface area contributed by atoms with Crippen LogP contribution in [0.25, 0.3) is 0 Å². The lowest BCUT2D eigenvalue weighted by Gasteiger charge is -2.15. The van der Waals surface area contributed by atoms with Crippen molar-refractivity contribution in [3.63, 3.8) is 0 Å². The Kier molecular flexibility index (Phi) is 10.4. The van der Waals surface area contributed by atoms with Gasteiger partial charge in [0.05, 0.1) is 6.10 Å². The monoisotopic (exact) mass is 306 g/mol. The van der Waals surface area contributed by atoms with Crippen LogP contribution in [-0.2, 0) is 6.42 Å². The molecule has 0 bridgehead atoms. The van der Waals surface area contributed by atoms with Crippen LogP contribution in [0.1, 0.15) is 51.5 Å². The number of unbranched alkanes of at least 4 members (excludes halogenated alkanes) is 3. The number of benzene rings is 1. The maximum absolute atomic E-state index is 9.86. The zero-order valence-electron chi connectivity index (χ0n) is 13.5. The van der Waals surface area contributed by atoms with E-state index in [-0.39, 0.29) is 11.4 Å². The number of aliphatic hydroxyl groups is 1. The summed E-state index contributed by atoms with van der Waals surface area (Å²) in [5.74, 6) is 1.10. The molecule has 0 saturated carbocycles. The molecule has 0 heterocycles. The summed E-state index contributed by atoms with van der Waals surface area (Å²) in [5, 5.41) is 10.1. The number of rotatable bonds is 11. The van der Waals surface area contributed by atoms with Gasteiger partial charge in [0.1, 0.15) is 0 Å². The molecule has 1 N–H and O–H groups in total. The lowest BCUT2D eigenvalue weighted by molar-refractivity contribution is 0.203. The maximum atomic E-state index is 9.86. The first-order valence-electron chi connectivity index (χ1n) is 8.24. The van der Waals surface area contributed by atoms with Crippen LogP contribution in [0.2, 0.25) is 0 Å². The van der Waals surface area contributed by atoms with Gasteiger partial charge in [0, 0.05) is 5.25 Å². The quantitative estimate of drug-likeness (QED) is 0.446. The molecule has 1 rings (SSSR count). The summed E-state index contributed by atoms with van der Waals surface area (Å²) in [6.07, 6.45) is 11.4. The molecule has 0 saturated heterocycles. The molecule has 0 amide bonds. The molecular weight excluding hydrogens is 276 g/mol. The first-order valence-corrected chi connectivity index (χ1v) is 9.29. The van der Waals surface area contributed by atoms with E-state index in [2.05, 4.69) is 49.4 Å². The fourth-order valence-corrected chi connectivity index (χ4v) is 3.32. The maximum Gasteiger partial charge on any atom is 0.0665 e. The van der Waals surface area contributed by atoms with Gasteiger partial charge >= 0.3 is 0 Å². The summed E-state index contributed by atoms with van der Waals surface area (Å²) in [6.45, 7) is 4.12. The van der Waals surface area contributed by atoms with E-state index in [0.29, 0.717) is 0 Å². The molecule has 2 atom stereocenters. The number of hydrogen-bond donors (Lipinski definition) is 1. The minimum absolute atomic E-state index is 0.238. The highest BCUT2D eigenvalue weighted by Crippen LogP contribution is 2.19. The first kappa shape index (κ1) is 18.3. The predicted molar refractivity (Wildman–Crippen MR) is 96.0 cm³/mol. The first-order chi connectivity index (χ1) is 10.2. The standard InChI is InChI=1S/C19H30OS/c1-3-4-5-6-10-15-19(17(2)20)21-16-11-14-18-12-8-7-9-13-18/h7-10,12-13,15,17,19-20H,3-6,11,14,16H2,1-2H3/b15-10-/t17-,19+/m1/s1. The van der Waals surface area contributed by atoms with Gasteiger partial charge in [0.2, 0.25) is 0 Å². The van der Waals surface area contributed by atoms with Gasteiger partial charge < -0.3 is 5.11 Å². The minimum Gasteiger partial charge on any atom is -0.392 e. The van der Waals surface area contributed by atoms with Crippen molar-refractivity contribution in [2.24, 2.45) is 0 Å². The summed E-state index contributed by atoms with van der Waals surface area (Å²) in [5.41, 5.74) is 1.40. The molecule has 0 unspecified atom stereocenters. The number of thioether (sulfide) groups is 1. The summed E-state index contributed by atoms with van der Waals surface area (Å²) >= 11 is 1.88. The lowest BCUT2D eigenvalue weighted by atomic mass is 10.1. The fraction of sp³-hybridized carbons (Fsp3) is 0.579. The normalized spacial score (nSPS) is 14.4. The second kappa shape index (κ2) is 11.9. The van der Waals surface area contributed by atoms with Crippen LogP contribution in [0.15, 0.2) is 42.5 Å². The third-order valence-electron chi connectivity index (χ3n) is 3.54. The largest absolute Gasteiger partial charge is 0.392 e. The molecule has 0 spiro atoms. The molecular formula is C19H30OS. The molecule has 0 radical (unpaired) electrons. The number of hydrogen-bond acceptors (Lipinski definition) is 2. The van der Waals surface area contributed by atoms with Crippen LogP contribution < -0.4 is 0 Å². The molecule has 0 fully saturated rings. The van der Waals surface area contributed by atoms with Gasteiger partial charge in [-0.2, -0.15) is 11.8 Å². The van der Waals surface area contributed by atoms with Crippen LogP contribution in [0.4, 0.5) is 0 Å². The van der Waals surface area contributed by atoms with Gasteiger partial charge in [-0.15, -0.1) is 0 Å². The SMILES string of the molecule is CCCCC/C=C\[C@H](SCCCc1ccccc1)[C@@H](C)O. The molecule has 1 aromatic carbocycles. The Hall–Kier alpha value is -0.730. The Labute approximate surface area is 134 Å². The van der Waals surface area contributed by atoms with E-state index >= 15 is 0 Å².